The first-order chi connectivity index (χ1) is 9.19. The lowest BCUT2D eigenvalue weighted by Crippen LogP contribution is -2.30. The van der Waals surface area contributed by atoms with E-state index in [1.54, 1.807) is 11.3 Å². The van der Waals surface area contributed by atoms with Crippen LogP contribution in [0, 0.1) is 5.92 Å². The van der Waals surface area contributed by atoms with E-state index >= 15 is 0 Å². The van der Waals surface area contributed by atoms with E-state index < -0.39 is 0 Å². The Balaban J connectivity index is 1.82. The molecule has 0 spiro atoms. The lowest BCUT2D eigenvalue weighted by atomic mass is 9.95. The zero-order valence-electron chi connectivity index (χ0n) is 12.1. The van der Waals surface area contributed by atoms with Crippen molar-refractivity contribution in [1.82, 2.24) is 5.32 Å². The number of hydrogen-bond acceptors (Lipinski definition) is 2. The van der Waals surface area contributed by atoms with Gasteiger partial charge in [0.15, 0.2) is 0 Å². The van der Waals surface area contributed by atoms with Crippen molar-refractivity contribution in [3.63, 3.8) is 0 Å². The van der Waals surface area contributed by atoms with Crippen LogP contribution in [-0.4, -0.2) is 6.04 Å². The van der Waals surface area contributed by atoms with Gasteiger partial charge in [-0.15, -0.1) is 11.3 Å². The predicted octanol–water partition coefficient (Wildman–Crippen LogP) is 5.80. The molecule has 0 bridgehead atoms. The third-order valence-corrected chi connectivity index (χ3v) is 5.71. The van der Waals surface area contributed by atoms with Crippen molar-refractivity contribution < 1.29 is 0 Å². The van der Waals surface area contributed by atoms with E-state index in [9.17, 15) is 0 Å². The van der Waals surface area contributed by atoms with E-state index in [4.69, 9.17) is 11.6 Å². The van der Waals surface area contributed by atoms with Crippen molar-refractivity contribution in [2.24, 2.45) is 5.92 Å². The first-order valence-electron chi connectivity index (χ1n) is 7.70. The minimum atomic E-state index is 0.435. The molecule has 0 saturated heterocycles. The fourth-order valence-corrected chi connectivity index (χ4v) is 4.31. The molecule has 0 radical (unpaired) electrons. The average Bonchev–Trinajstić information content (AvgIpc) is 2.70. The van der Waals surface area contributed by atoms with Crippen molar-refractivity contribution >= 4 is 22.9 Å². The molecule has 19 heavy (non-hydrogen) atoms. The second-order valence-corrected chi connectivity index (χ2v) is 7.64. The van der Waals surface area contributed by atoms with Crippen LogP contribution in [0.25, 0.3) is 0 Å². The van der Waals surface area contributed by atoms with Gasteiger partial charge in [-0.3, -0.25) is 0 Å². The van der Waals surface area contributed by atoms with Gasteiger partial charge in [-0.1, -0.05) is 44.2 Å². The van der Waals surface area contributed by atoms with Crippen LogP contribution in [0.1, 0.15) is 69.7 Å². The number of halogens is 1. The maximum absolute atomic E-state index is 6.02. The van der Waals surface area contributed by atoms with E-state index in [0.29, 0.717) is 12.1 Å². The summed E-state index contributed by atoms with van der Waals surface area (Å²) in [7, 11) is 0. The van der Waals surface area contributed by atoms with Crippen molar-refractivity contribution in [2.45, 2.75) is 70.9 Å². The number of thiophene rings is 1. The minimum Gasteiger partial charge on any atom is -0.307 e. The van der Waals surface area contributed by atoms with Gasteiger partial charge in [0.1, 0.15) is 0 Å². The molecule has 1 aliphatic rings. The Morgan fingerprint density at radius 1 is 1.32 bits per heavy atom. The third kappa shape index (κ3) is 4.77. The molecular formula is C16H26ClNS. The molecule has 2 rings (SSSR count). The van der Waals surface area contributed by atoms with Crippen LogP contribution in [0.3, 0.4) is 0 Å². The first kappa shape index (κ1) is 15.3. The lowest BCUT2D eigenvalue weighted by molar-refractivity contribution is 0.394. The van der Waals surface area contributed by atoms with Gasteiger partial charge >= 0.3 is 0 Å². The highest BCUT2D eigenvalue weighted by Gasteiger charge is 2.20. The molecule has 1 aromatic rings. The molecule has 3 unspecified atom stereocenters. The molecule has 108 valence electrons. The fourth-order valence-electron chi connectivity index (χ4n) is 3.24. The zero-order valence-corrected chi connectivity index (χ0v) is 13.7. The summed E-state index contributed by atoms with van der Waals surface area (Å²) < 4.78 is 0.896. The summed E-state index contributed by atoms with van der Waals surface area (Å²) in [6.07, 6.45) is 9.67. The first-order valence-corrected chi connectivity index (χ1v) is 8.89. The molecule has 0 aliphatic heterocycles. The maximum Gasteiger partial charge on any atom is 0.0931 e. The highest BCUT2D eigenvalue weighted by atomic mass is 35.5. The quantitative estimate of drug-likeness (QED) is 0.677. The average molecular weight is 300 g/mol. The second kappa shape index (κ2) is 7.66. The summed E-state index contributed by atoms with van der Waals surface area (Å²) in [5.41, 5.74) is 0. The molecule has 1 saturated carbocycles. The van der Waals surface area contributed by atoms with Gasteiger partial charge in [0.25, 0.3) is 0 Å². The fraction of sp³-hybridized carbons (Fsp3) is 0.750. The Morgan fingerprint density at radius 3 is 2.84 bits per heavy atom. The highest BCUT2D eigenvalue weighted by Crippen LogP contribution is 2.30. The maximum atomic E-state index is 6.02. The molecule has 3 atom stereocenters. The van der Waals surface area contributed by atoms with Gasteiger partial charge < -0.3 is 5.32 Å². The topological polar surface area (TPSA) is 12.0 Å². The monoisotopic (exact) mass is 299 g/mol. The summed E-state index contributed by atoms with van der Waals surface area (Å²) >= 11 is 7.72. The Bertz CT molecular complexity index is 377. The molecule has 3 heteroatoms. The van der Waals surface area contributed by atoms with Crippen LogP contribution in [0.5, 0.6) is 0 Å². The van der Waals surface area contributed by atoms with Crippen LogP contribution in [0.4, 0.5) is 0 Å². The molecule has 1 aliphatic carbocycles. The van der Waals surface area contributed by atoms with E-state index in [1.807, 2.05) is 6.07 Å². The summed E-state index contributed by atoms with van der Waals surface area (Å²) in [4.78, 5) is 1.36. The summed E-state index contributed by atoms with van der Waals surface area (Å²) in [5.74, 6) is 0.975. The van der Waals surface area contributed by atoms with Gasteiger partial charge in [-0.25, -0.2) is 0 Å². The standard InChI is InChI=1S/C16H26ClNS/c1-3-5-13-6-4-7-14(9-8-13)18-12(2)15-10-11-16(17)19-15/h10-14,18H,3-9H2,1-2H3. The van der Waals surface area contributed by atoms with Crippen molar-refractivity contribution in [3.05, 3.63) is 21.3 Å². The molecular weight excluding hydrogens is 274 g/mol. The SMILES string of the molecule is CCCC1CCCC(NC(C)c2ccc(Cl)s2)CC1. The van der Waals surface area contributed by atoms with Crippen LogP contribution >= 0.6 is 22.9 Å². The Kier molecular flexibility index (Phi) is 6.18. The lowest BCUT2D eigenvalue weighted by Gasteiger charge is -2.21. The van der Waals surface area contributed by atoms with Crippen LogP contribution in [0.15, 0.2) is 12.1 Å². The van der Waals surface area contributed by atoms with Crippen LogP contribution in [0.2, 0.25) is 4.34 Å². The molecule has 1 N–H and O–H groups in total. The van der Waals surface area contributed by atoms with Gasteiger partial charge in [-0.2, -0.15) is 0 Å². The van der Waals surface area contributed by atoms with Gasteiger partial charge in [0.05, 0.1) is 4.34 Å². The van der Waals surface area contributed by atoms with Gasteiger partial charge in [0.2, 0.25) is 0 Å². The highest BCUT2D eigenvalue weighted by molar-refractivity contribution is 7.16. The summed E-state index contributed by atoms with van der Waals surface area (Å²) in [6, 6.07) is 5.29. The summed E-state index contributed by atoms with van der Waals surface area (Å²) in [6.45, 7) is 4.57. The van der Waals surface area contributed by atoms with Crippen LogP contribution < -0.4 is 5.32 Å². The molecule has 1 aromatic heterocycles. The molecule has 0 aromatic carbocycles. The van der Waals surface area contributed by atoms with E-state index in [1.165, 1.54) is 49.8 Å². The minimum absolute atomic E-state index is 0.435. The molecule has 0 amide bonds. The van der Waals surface area contributed by atoms with Crippen molar-refractivity contribution in [1.29, 1.82) is 0 Å². The zero-order chi connectivity index (χ0) is 13.7. The van der Waals surface area contributed by atoms with Gasteiger partial charge in [0, 0.05) is 17.0 Å². The Morgan fingerprint density at radius 2 is 2.16 bits per heavy atom. The van der Waals surface area contributed by atoms with E-state index in [2.05, 4.69) is 25.2 Å². The van der Waals surface area contributed by atoms with Gasteiger partial charge in [-0.05, 0) is 44.2 Å². The number of nitrogens with one attached hydrogen (secondary N) is 1. The largest absolute Gasteiger partial charge is 0.307 e. The van der Waals surface area contributed by atoms with E-state index in [-0.39, 0.29) is 0 Å². The smallest absolute Gasteiger partial charge is 0.0931 e. The van der Waals surface area contributed by atoms with E-state index in [0.717, 1.165) is 10.3 Å². The molecule has 1 nitrogen and oxygen atoms in total. The van der Waals surface area contributed by atoms with Crippen molar-refractivity contribution in [3.8, 4) is 0 Å². The van der Waals surface area contributed by atoms with Crippen LogP contribution in [-0.2, 0) is 0 Å². The normalized spacial score (nSPS) is 26.1. The number of hydrogen-bond donors (Lipinski definition) is 1. The molecule has 1 heterocycles. The Hall–Kier alpha value is -0.0500. The summed E-state index contributed by atoms with van der Waals surface area (Å²) in [5, 5.41) is 3.80. The number of rotatable bonds is 5. The van der Waals surface area contributed by atoms with Crippen molar-refractivity contribution in [2.75, 3.05) is 0 Å². The third-order valence-electron chi connectivity index (χ3n) is 4.29. The predicted molar refractivity (Wildman–Crippen MR) is 86.2 cm³/mol. The molecule has 1 fully saturated rings. The second-order valence-electron chi connectivity index (χ2n) is 5.89. The Labute approximate surface area is 126 Å².